The SMILES string of the molecule is O=C(O)C1(NC(O)Cc2csc(-c3ccccc3Cl)n2)CCCCCC1. The van der Waals surface area contributed by atoms with Crippen LogP contribution in [0.2, 0.25) is 5.02 Å². The van der Waals surface area contributed by atoms with Crippen LogP contribution < -0.4 is 5.32 Å². The number of aliphatic hydroxyl groups is 1. The summed E-state index contributed by atoms with van der Waals surface area (Å²) in [5.41, 5.74) is 0.537. The molecule has 3 N–H and O–H groups in total. The molecule has 1 fully saturated rings. The fourth-order valence-corrected chi connectivity index (χ4v) is 4.63. The van der Waals surface area contributed by atoms with E-state index in [0.29, 0.717) is 17.9 Å². The highest BCUT2D eigenvalue weighted by molar-refractivity contribution is 7.13. The largest absolute Gasteiger partial charge is 0.480 e. The Morgan fingerprint density at radius 3 is 2.62 bits per heavy atom. The summed E-state index contributed by atoms with van der Waals surface area (Å²) in [7, 11) is 0. The molecule has 1 atom stereocenters. The molecule has 5 nitrogen and oxygen atoms in total. The molecule has 0 saturated heterocycles. The number of aliphatic carboxylic acids is 1. The third-order valence-electron chi connectivity index (χ3n) is 4.87. The topological polar surface area (TPSA) is 82.5 Å². The summed E-state index contributed by atoms with van der Waals surface area (Å²) in [5, 5.41) is 26.5. The van der Waals surface area contributed by atoms with Gasteiger partial charge in [-0.1, -0.05) is 55.5 Å². The summed E-state index contributed by atoms with van der Waals surface area (Å²) < 4.78 is 0. The van der Waals surface area contributed by atoms with Crippen molar-refractivity contribution < 1.29 is 15.0 Å². The van der Waals surface area contributed by atoms with Crippen molar-refractivity contribution in [1.29, 1.82) is 0 Å². The maximum absolute atomic E-state index is 11.8. The molecule has 1 aliphatic carbocycles. The second kappa shape index (κ2) is 8.48. The number of benzene rings is 1. The number of nitrogens with one attached hydrogen (secondary N) is 1. The van der Waals surface area contributed by atoms with Gasteiger partial charge in [0.05, 0.1) is 10.7 Å². The van der Waals surface area contributed by atoms with Crippen LogP contribution in [-0.2, 0) is 11.2 Å². The molecular weight excluding hydrogens is 372 g/mol. The number of nitrogens with zero attached hydrogens (tertiary/aromatic N) is 1. The van der Waals surface area contributed by atoms with Gasteiger partial charge in [-0.15, -0.1) is 11.3 Å². The van der Waals surface area contributed by atoms with Crippen LogP contribution in [0.25, 0.3) is 10.6 Å². The van der Waals surface area contributed by atoms with Gasteiger partial charge >= 0.3 is 5.97 Å². The molecule has 26 heavy (non-hydrogen) atoms. The van der Waals surface area contributed by atoms with Gasteiger partial charge in [-0.05, 0) is 18.9 Å². The molecule has 1 heterocycles. The molecule has 1 unspecified atom stereocenters. The van der Waals surface area contributed by atoms with Crippen molar-refractivity contribution in [3.8, 4) is 10.6 Å². The number of rotatable bonds is 6. The van der Waals surface area contributed by atoms with Crippen LogP contribution in [0.5, 0.6) is 0 Å². The van der Waals surface area contributed by atoms with Crippen molar-refractivity contribution in [2.24, 2.45) is 0 Å². The number of halogens is 1. The Labute approximate surface area is 162 Å². The molecule has 0 spiro atoms. The maximum Gasteiger partial charge on any atom is 0.323 e. The van der Waals surface area contributed by atoms with E-state index in [1.807, 2.05) is 29.6 Å². The predicted molar refractivity (Wildman–Crippen MR) is 103 cm³/mol. The van der Waals surface area contributed by atoms with E-state index in [1.54, 1.807) is 0 Å². The van der Waals surface area contributed by atoms with Gasteiger partial charge in [0.25, 0.3) is 0 Å². The molecule has 0 bridgehead atoms. The fraction of sp³-hybridized carbons (Fsp3) is 0.474. The average Bonchev–Trinajstić information content (AvgIpc) is 2.92. The maximum atomic E-state index is 11.8. The van der Waals surface area contributed by atoms with E-state index < -0.39 is 17.7 Å². The fourth-order valence-electron chi connectivity index (χ4n) is 3.48. The minimum absolute atomic E-state index is 0.260. The van der Waals surface area contributed by atoms with Gasteiger partial charge in [0.2, 0.25) is 0 Å². The number of carbonyl (C=O) groups is 1. The van der Waals surface area contributed by atoms with Gasteiger partial charge in [-0.2, -0.15) is 0 Å². The van der Waals surface area contributed by atoms with E-state index in [4.69, 9.17) is 11.6 Å². The van der Waals surface area contributed by atoms with Crippen molar-refractivity contribution >= 4 is 28.9 Å². The zero-order valence-corrected chi connectivity index (χ0v) is 16.0. The number of carboxylic acids is 1. The van der Waals surface area contributed by atoms with Crippen LogP contribution >= 0.6 is 22.9 Å². The van der Waals surface area contributed by atoms with Crippen molar-refractivity contribution in [2.75, 3.05) is 0 Å². The summed E-state index contributed by atoms with van der Waals surface area (Å²) in [5.74, 6) is -0.881. The quantitative estimate of drug-likeness (QED) is 0.507. The number of aliphatic hydroxyl groups excluding tert-OH is 1. The van der Waals surface area contributed by atoms with Crippen molar-refractivity contribution in [3.63, 3.8) is 0 Å². The number of hydrogen-bond donors (Lipinski definition) is 3. The molecule has 1 aliphatic rings. The van der Waals surface area contributed by atoms with Gasteiger partial charge in [0, 0.05) is 17.4 Å². The molecule has 0 radical (unpaired) electrons. The van der Waals surface area contributed by atoms with Crippen LogP contribution in [0.4, 0.5) is 0 Å². The lowest BCUT2D eigenvalue weighted by Gasteiger charge is -2.31. The van der Waals surface area contributed by atoms with E-state index in [1.165, 1.54) is 11.3 Å². The Balaban J connectivity index is 1.69. The third-order valence-corrected chi connectivity index (χ3v) is 6.12. The summed E-state index contributed by atoms with van der Waals surface area (Å²) in [6, 6.07) is 7.50. The Morgan fingerprint density at radius 2 is 1.96 bits per heavy atom. The number of hydrogen-bond acceptors (Lipinski definition) is 5. The Hall–Kier alpha value is -1.47. The van der Waals surface area contributed by atoms with Crippen molar-refractivity contribution in [1.82, 2.24) is 10.3 Å². The van der Waals surface area contributed by atoms with Gasteiger partial charge in [-0.25, -0.2) is 4.98 Å². The van der Waals surface area contributed by atoms with Gasteiger partial charge in [-0.3, -0.25) is 10.1 Å². The minimum Gasteiger partial charge on any atom is -0.480 e. The molecule has 0 aliphatic heterocycles. The van der Waals surface area contributed by atoms with Crippen LogP contribution in [0.3, 0.4) is 0 Å². The summed E-state index contributed by atoms with van der Waals surface area (Å²) in [6.45, 7) is 0. The molecule has 1 aromatic carbocycles. The van der Waals surface area contributed by atoms with E-state index in [9.17, 15) is 15.0 Å². The summed E-state index contributed by atoms with van der Waals surface area (Å²) in [6.07, 6.45) is 4.20. The van der Waals surface area contributed by atoms with Crippen LogP contribution in [0.1, 0.15) is 44.2 Å². The molecule has 7 heteroatoms. The Bertz CT molecular complexity index is 757. The predicted octanol–water partition coefficient (Wildman–Crippen LogP) is 4.09. The minimum atomic E-state index is -1.04. The molecule has 1 saturated carbocycles. The first-order valence-electron chi connectivity index (χ1n) is 8.89. The lowest BCUT2D eigenvalue weighted by molar-refractivity contribution is -0.147. The first-order chi connectivity index (χ1) is 12.5. The molecule has 140 valence electrons. The molecule has 2 aromatic rings. The summed E-state index contributed by atoms with van der Waals surface area (Å²) >= 11 is 7.67. The second-order valence-electron chi connectivity index (χ2n) is 6.79. The highest BCUT2D eigenvalue weighted by Gasteiger charge is 2.39. The molecule has 3 rings (SSSR count). The van der Waals surface area contributed by atoms with Gasteiger partial charge in [0.1, 0.15) is 16.8 Å². The monoisotopic (exact) mass is 394 g/mol. The number of aromatic nitrogens is 1. The van der Waals surface area contributed by atoms with E-state index in [-0.39, 0.29) is 6.42 Å². The van der Waals surface area contributed by atoms with Crippen LogP contribution in [-0.4, -0.2) is 32.9 Å². The number of thiazole rings is 1. The standard InChI is InChI=1S/C19H23ClN2O3S/c20-15-8-4-3-7-14(15)17-21-13(12-26-17)11-16(23)22-19(18(24)25)9-5-1-2-6-10-19/h3-4,7-8,12,16,22-23H,1-2,5-6,9-11H2,(H,24,25). The van der Waals surface area contributed by atoms with Crippen LogP contribution in [0, 0.1) is 0 Å². The Kier molecular flexibility index (Phi) is 6.29. The zero-order chi connectivity index (χ0) is 18.6. The first-order valence-corrected chi connectivity index (χ1v) is 10.1. The highest BCUT2D eigenvalue weighted by atomic mass is 35.5. The second-order valence-corrected chi connectivity index (χ2v) is 8.05. The van der Waals surface area contributed by atoms with Gasteiger partial charge < -0.3 is 10.2 Å². The lowest BCUT2D eigenvalue weighted by Crippen LogP contribution is -2.56. The third kappa shape index (κ3) is 4.43. The smallest absolute Gasteiger partial charge is 0.323 e. The number of carboxylic acid groups (broad SMARTS) is 1. The molecule has 1 aromatic heterocycles. The summed E-state index contributed by atoms with van der Waals surface area (Å²) in [4.78, 5) is 16.4. The van der Waals surface area contributed by atoms with E-state index in [0.717, 1.165) is 41.9 Å². The molecular formula is C19H23ClN2O3S. The van der Waals surface area contributed by atoms with Crippen molar-refractivity contribution in [2.45, 2.75) is 56.7 Å². The lowest BCUT2D eigenvalue weighted by atomic mass is 9.90. The van der Waals surface area contributed by atoms with E-state index in [2.05, 4.69) is 10.3 Å². The Morgan fingerprint density at radius 1 is 1.27 bits per heavy atom. The normalized spacial score (nSPS) is 18.2. The highest BCUT2D eigenvalue weighted by Crippen LogP contribution is 2.31. The van der Waals surface area contributed by atoms with Crippen molar-refractivity contribution in [3.05, 3.63) is 40.4 Å². The molecule has 0 amide bonds. The zero-order valence-electron chi connectivity index (χ0n) is 14.4. The van der Waals surface area contributed by atoms with Crippen LogP contribution in [0.15, 0.2) is 29.6 Å². The average molecular weight is 395 g/mol. The first kappa shape index (κ1) is 19.3. The van der Waals surface area contributed by atoms with Gasteiger partial charge in [0.15, 0.2) is 0 Å². The van der Waals surface area contributed by atoms with E-state index >= 15 is 0 Å².